The SMILES string of the molecule is CCCOC(C)C(O)CC. The second-order valence-corrected chi connectivity index (χ2v) is 2.55. The van der Waals surface area contributed by atoms with Gasteiger partial charge in [-0.1, -0.05) is 13.8 Å². The van der Waals surface area contributed by atoms with Crippen LogP contribution in [0.2, 0.25) is 0 Å². The number of hydrogen-bond acceptors (Lipinski definition) is 2. The smallest absolute Gasteiger partial charge is 0.0805 e. The van der Waals surface area contributed by atoms with Crippen LogP contribution in [-0.4, -0.2) is 23.9 Å². The zero-order chi connectivity index (χ0) is 7.98. The topological polar surface area (TPSA) is 29.5 Å². The van der Waals surface area contributed by atoms with Crippen molar-refractivity contribution in [3.8, 4) is 0 Å². The predicted octanol–water partition coefficient (Wildman–Crippen LogP) is 1.57. The highest BCUT2D eigenvalue weighted by atomic mass is 16.5. The normalized spacial score (nSPS) is 16.8. The van der Waals surface area contributed by atoms with Crippen LogP contribution < -0.4 is 0 Å². The lowest BCUT2D eigenvalue weighted by molar-refractivity contribution is -0.0273. The second-order valence-electron chi connectivity index (χ2n) is 2.55. The molecule has 0 rings (SSSR count). The van der Waals surface area contributed by atoms with Crippen molar-refractivity contribution in [3.05, 3.63) is 0 Å². The Kier molecular flexibility index (Phi) is 5.64. The van der Waals surface area contributed by atoms with Crippen molar-refractivity contribution in [2.45, 2.75) is 45.8 Å². The maximum absolute atomic E-state index is 9.23. The fourth-order valence-corrected chi connectivity index (χ4v) is 0.747. The molecule has 2 unspecified atom stereocenters. The largest absolute Gasteiger partial charge is 0.390 e. The first kappa shape index (κ1) is 9.92. The molecule has 0 saturated heterocycles. The molecular weight excluding hydrogens is 128 g/mol. The van der Waals surface area contributed by atoms with Crippen LogP contribution in [0.5, 0.6) is 0 Å². The highest BCUT2D eigenvalue weighted by Gasteiger charge is 2.10. The molecule has 0 bridgehead atoms. The standard InChI is InChI=1S/C8H18O2/c1-4-6-10-7(3)8(9)5-2/h7-9H,4-6H2,1-3H3. The van der Waals surface area contributed by atoms with Crippen LogP contribution in [0, 0.1) is 0 Å². The first-order chi connectivity index (χ1) is 4.72. The van der Waals surface area contributed by atoms with Gasteiger partial charge in [0.2, 0.25) is 0 Å². The predicted molar refractivity (Wildman–Crippen MR) is 42.0 cm³/mol. The first-order valence-electron chi connectivity index (χ1n) is 4.02. The summed E-state index contributed by atoms with van der Waals surface area (Å²) < 4.78 is 5.29. The molecule has 0 aliphatic rings. The molecule has 10 heavy (non-hydrogen) atoms. The van der Waals surface area contributed by atoms with Gasteiger partial charge in [0.1, 0.15) is 0 Å². The summed E-state index contributed by atoms with van der Waals surface area (Å²) in [6.45, 7) is 6.67. The maximum Gasteiger partial charge on any atom is 0.0805 e. The van der Waals surface area contributed by atoms with Gasteiger partial charge in [-0.25, -0.2) is 0 Å². The Morgan fingerprint density at radius 2 is 2.00 bits per heavy atom. The zero-order valence-electron chi connectivity index (χ0n) is 7.13. The third-order valence-corrected chi connectivity index (χ3v) is 1.54. The molecule has 2 heteroatoms. The fraction of sp³-hybridized carbons (Fsp3) is 1.00. The molecule has 1 N–H and O–H groups in total. The van der Waals surface area contributed by atoms with Crippen molar-refractivity contribution in [1.29, 1.82) is 0 Å². The minimum Gasteiger partial charge on any atom is -0.390 e. The molecule has 0 radical (unpaired) electrons. The van der Waals surface area contributed by atoms with Crippen LogP contribution in [0.15, 0.2) is 0 Å². The van der Waals surface area contributed by atoms with Crippen LogP contribution in [0.1, 0.15) is 33.6 Å². The summed E-state index contributed by atoms with van der Waals surface area (Å²) in [5, 5.41) is 9.23. The maximum atomic E-state index is 9.23. The van der Waals surface area contributed by atoms with Crippen molar-refractivity contribution < 1.29 is 9.84 Å². The van der Waals surface area contributed by atoms with Gasteiger partial charge < -0.3 is 9.84 Å². The van der Waals surface area contributed by atoms with Gasteiger partial charge in [0.15, 0.2) is 0 Å². The van der Waals surface area contributed by atoms with Gasteiger partial charge in [0.25, 0.3) is 0 Å². The van der Waals surface area contributed by atoms with E-state index in [1.54, 1.807) is 0 Å². The van der Waals surface area contributed by atoms with E-state index in [1.807, 2.05) is 13.8 Å². The number of rotatable bonds is 5. The lowest BCUT2D eigenvalue weighted by Crippen LogP contribution is -2.25. The van der Waals surface area contributed by atoms with Gasteiger partial charge >= 0.3 is 0 Å². The molecule has 0 aromatic heterocycles. The summed E-state index contributed by atoms with van der Waals surface area (Å²) in [5.74, 6) is 0. The van der Waals surface area contributed by atoms with Crippen LogP contribution in [0.4, 0.5) is 0 Å². The van der Waals surface area contributed by atoms with Gasteiger partial charge in [-0.05, 0) is 19.8 Å². The third kappa shape index (κ3) is 3.85. The molecule has 0 saturated carbocycles. The molecule has 0 amide bonds. The first-order valence-corrected chi connectivity index (χ1v) is 4.02. The molecule has 62 valence electrons. The monoisotopic (exact) mass is 146 g/mol. The highest BCUT2D eigenvalue weighted by Crippen LogP contribution is 2.02. The van der Waals surface area contributed by atoms with Gasteiger partial charge in [-0.2, -0.15) is 0 Å². The highest BCUT2D eigenvalue weighted by molar-refractivity contribution is 4.60. The van der Waals surface area contributed by atoms with Crippen molar-refractivity contribution in [2.24, 2.45) is 0 Å². The Labute approximate surface area is 63.2 Å². The lowest BCUT2D eigenvalue weighted by atomic mass is 10.2. The minimum atomic E-state index is -0.299. The lowest BCUT2D eigenvalue weighted by Gasteiger charge is -2.17. The number of ether oxygens (including phenoxy) is 1. The van der Waals surface area contributed by atoms with Crippen LogP contribution in [-0.2, 0) is 4.74 Å². The number of hydrogen-bond donors (Lipinski definition) is 1. The van der Waals surface area contributed by atoms with E-state index in [1.165, 1.54) is 0 Å². The number of aliphatic hydroxyl groups is 1. The average Bonchev–Trinajstić information content (AvgIpc) is 1.98. The Balaban J connectivity index is 3.31. The third-order valence-electron chi connectivity index (χ3n) is 1.54. The van der Waals surface area contributed by atoms with E-state index < -0.39 is 0 Å². The summed E-state index contributed by atoms with van der Waals surface area (Å²) in [5.41, 5.74) is 0. The Hall–Kier alpha value is -0.0800. The van der Waals surface area contributed by atoms with E-state index in [0.29, 0.717) is 0 Å². The van der Waals surface area contributed by atoms with Crippen molar-refractivity contribution >= 4 is 0 Å². The average molecular weight is 146 g/mol. The van der Waals surface area contributed by atoms with Crippen molar-refractivity contribution in [3.63, 3.8) is 0 Å². The van der Waals surface area contributed by atoms with Crippen LogP contribution in [0.3, 0.4) is 0 Å². The summed E-state index contributed by atoms with van der Waals surface area (Å²) >= 11 is 0. The second kappa shape index (κ2) is 5.69. The van der Waals surface area contributed by atoms with E-state index in [4.69, 9.17) is 4.74 Å². The Bertz CT molecular complexity index is 73.7. The van der Waals surface area contributed by atoms with Gasteiger partial charge in [-0.3, -0.25) is 0 Å². The molecule has 2 nitrogen and oxygen atoms in total. The quantitative estimate of drug-likeness (QED) is 0.638. The number of aliphatic hydroxyl groups excluding tert-OH is 1. The van der Waals surface area contributed by atoms with E-state index in [0.717, 1.165) is 19.4 Å². The van der Waals surface area contributed by atoms with E-state index in [-0.39, 0.29) is 12.2 Å². The van der Waals surface area contributed by atoms with Gasteiger partial charge in [-0.15, -0.1) is 0 Å². The van der Waals surface area contributed by atoms with Crippen molar-refractivity contribution in [1.82, 2.24) is 0 Å². The fourth-order valence-electron chi connectivity index (χ4n) is 0.747. The molecule has 2 atom stereocenters. The van der Waals surface area contributed by atoms with Crippen LogP contribution >= 0.6 is 0 Å². The molecule has 0 aromatic carbocycles. The van der Waals surface area contributed by atoms with E-state index in [2.05, 4.69) is 6.92 Å². The minimum absolute atomic E-state index is 0.00931. The molecule has 0 aromatic rings. The summed E-state index contributed by atoms with van der Waals surface area (Å²) in [6.07, 6.45) is 1.47. The molecule has 0 spiro atoms. The van der Waals surface area contributed by atoms with Gasteiger partial charge in [0, 0.05) is 6.61 Å². The van der Waals surface area contributed by atoms with Crippen molar-refractivity contribution in [2.75, 3.05) is 6.61 Å². The van der Waals surface area contributed by atoms with Gasteiger partial charge in [0.05, 0.1) is 12.2 Å². The summed E-state index contributed by atoms with van der Waals surface area (Å²) in [6, 6.07) is 0. The zero-order valence-corrected chi connectivity index (χ0v) is 7.13. The molecule has 0 fully saturated rings. The molecule has 0 aliphatic carbocycles. The summed E-state index contributed by atoms with van der Waals surface area (Å²) in [7, 11) is 0. The summed E-state index contributed by atoms with van der Waals surface area (Å²) in [4.78, 5) is 0. The molecule has 0 aliphatic heterocycles. The van der Waals surface area contributed by atoms with Crippen LogP contribution in [0.25, 0.3) is 0 Å². The molecular formula is C8H18O2. The van der Waals surface area contributed by atoms with E-state index >= 15 is 0 Å². The van der Waals surface area contributed by atoms with E-state index in [9.17, 15) is 5.11 Å². The Morgan fingerprint density at radius 3 is 2.40 bits per heavy atom. The Morgan fingerprint density at radius 1 is 1.40 bits per heavy atom. The molecule has 0 heterocycles.